The summed E-state index contributed by atoms with van der Waals surface area (Å²) in [5.41, 5.74) is 4.38. The number of benzene rings is 2. The van der Waals surface area contributed by atoms with Crippen LogP contribution in [-0.4, -0.2) is 56.6 Å². The standard InChI is InChI=1S/C28H24N6O4S/c1-16-12-29-28-31-22(13-34(28)32-16)25-11-21-23(9-20(36-4)10-24(21)38-25)37-14-19-15-39-26(30-19)17-5-7-18(8-6-17)27(35)33(2)3/h5-13,15H,14H2,1-4H3. The minimum atomic E-state index is -0.0357. The summed E-state index contributed by atoms with van der Waals surface area (Å²) in [6.45, 7) is 2.14. The number of fused-ring (bicyclic) bond motifs is 2. The molecule has 0 atom stereocenters. The number of hydrogen-bond acceptors (Lipinski definition) is 9. The van der Waals surface area contributed by atoms with E-state index in [0.717, 1.165) is 27.3 Å². The minimum absolute atomic E-state index is 0.0357. The van der Waals surface area contributed by atoms with Gasteiger partial charge in [-0.05, 0) is 25.1 Å². The Morgan fingerprint density at radius 3 is 2.72 bits per heavy atom. The minimum Gasteiger partial charge on any atom is -0.496 e. The number of carbonyl (C=O) groups excluding carboxylic acids is 1. The number of nitrogens with zero attached hydrogens (tertiary/aromatic N) is 6. The van der Waals surface area contributed by atoms with Gasteiger partial charge in [0.1, 0.15) is 34.4 Å². The van der Waals surface area contributed by atoms with Crippen molar-refractivity contribution in [2.24, 2.45) is 0 Å². The van der Waals surface area contributed by atoms with E-state index in [1.54, 1.807) is 43.0 Å². The molecule has 0 unspecified atom stereocenters. The van der Waals surface area contributed by atoms with Crippen LogP contribution >= 0.6 is 11.3 Å². The van der Waals surface area contributed by atoms with Crippen molar-refractivity contribution in [3.05, 3.63) is 77.2 Å². The number of furan rings is 1. The summed E-state index contributed by atoms with van der Waals surface area (Å²) in [5.74, 6) is 2.24. The highest BCUT2D eigenvalue weighted by Crippen LogP contribution is 2.37. The van der Waals surface area contributed by atoms with Crippen molar-refractivity contribution in [1.29, 1.82) is 0 Å². The molecule has 0 bridgehead atoms. The van der Waals surface area contributed by atoms with E-state index in [9.17, 15) is 4.79 Å². The van der Waals surface area contributed by atoms with Gasteiger partial charge in [-0.25, -0.2) is 19.5 Å². The summed E-state index contributed by atoms with van der Waals surface area (Å²) in [6.07, 6.45) is 3.46. The van der Waals surface area contributed by atoms with E-state index < -0.39 is 0 Å². The van der Waals surface area contributed by atoms with Crippen LogP contribution in [0, 0.1) is 6.92 Å². The van der Waals surface area contributed by atoms with Gasteiger partial charge in [0.2, 0.25) is 0 Å². The topological polar surface area (TPSA) is 108 Å². The number of thiazole rings is 1. The largest absolute Gasteiger partial charge is 0.496 e. The van der Waals surface area contributed by atoms with Crippen LogP contribution in [0.15, 0.2) is 64.7 Å². The lowest BCUT2D eigenvalue weighted by Crippen LogP contribution is -2.21. The lowest BCUT2D eigenvalue weighted by molar-refractivity contribution is 0.0827. The summed E-state index contributed by atoms with van der Waals surface area (Å²) in [4.78, 5) is 27.3. The first-order valence-electron chi connectivity index (χ1n) is 12.1. The lowest BCUT2D eigenvalue weighted by atomic mass is 10.1. The van der Waals surface area contributed by atoms with Crippen LogP contribution < -0.4 is 9.47 Å². The number of amides is 1. The third kappa shape index (κ3) is 4.79. The predicted octanol–water partition coefficient (Wildman–Crippen LogP) is 5.26. The van der Waals surface area contributed by atoms with Crippen molar-refractivity contribution in [3.63, 3.8) is 0 Å². The second kappa shape index (κ2) is 9.84. The molecule has 4 aromatic heterocycles. The average Bonchev–Trinajstić information content (AvgIpc) is 3.69. The molecule has 10 nitrogen and oxygen atoms in total. The predicted molar refractivity (Wildman–Crippen MR) is 147 cm³/mol. The highest BCUT2D eigenvalue weighted by molar-refractivity contribution is 7.13. The summed E-state index contributed by atoms with van der Waals surface area (Å²) < 4.78 is 19.4. The zero-order valence-electron chi connectivity index (χ0n) is 21.7. The number of carbonyl (C=O) groups is 1. The highest BCUT2D eigenvalue weighted by atomic mass is 32.1. The van der Waals surface area contributed by atoms with Crippen molar-refractivity contribution < 1.29 is 18.7 Å². The van der Waals surface area contributed by atoms with Gasteiger partial charge < -0.3 is 18.8 Å². The van der Waals surface area contributed by atoms with Gasteiger partial charge in [-0.15, -0.1) is 11.3 Å². The SMILES string of the molecule is COc1cc(OCc2csc(-c3ccc(C(=O)N(C)C)cc3)n2)c2cc(-c3cn4nc(C)cnc4n3)oc2c1. The van der Waals surface area contributed by atoms with Crippen molar-refractivity contribution >= 4 is 34.0 Å². The molecule has 0 radical (unpaired) electrons. The molecule has 1 amide bonds. The van der Waals surface area contributed by atoms with Crippen molar-refractivity contribution in [1.82, 2.24) is 29.5 Å². The van der Waals surface area contributed by atoms with Crippen molar-refractivity contribution in [2.45, 2.75) is 13.5 Å². The Morgan fingerprint density at radius 2 is 1.95 bits per heavy atom. The van der Waals surface area contributed by atoms with E-state index in [1.807, 2.05) is 54.8 Å². The van der Waals surface area contributed by atoms with Crippen LogP contribution in [0.3, 0.4) is 0 Å². The molecule has 0 saturated carbocycles. The smallest absolute Gasteiger partial charge is 0.253 e. The zero-order valence-corrected chi connectivity index (χ0v) is 22.5. The van der Waals surface area contributed by atoms with Gasteiger partial charge in [0.05, 0.1) is 36.3 Å². The number of imidazole rings is 1. The Bertz CT molecular complexity index is 1820. The summed E-state index contributed by atoms with van der Waals surface area (Å²) in [5, 5.41) is 8.01. The van der Waals surface area contributed by atoms with Gasteiger partial charge in [0, 0.05) is 42.7 Å². The maximum absolute atomic E-state index is 12.2. The lowest BCUT2D eigenvalue weighted by Gasteiger charge is -2.10. The molecule has 0 aliphatic heterocycles. The van der Waals surface area contributed by atoms with Crippen LogP contribution in [0.25, 0.3) is 38.8 Å². The molecule has 0 spiro atoms. The highest BCUT2D eigenvalue weighted by Gasteiger charge is 2.17. The third-order valence-electron chi connectivity index (χ3n) is 6.08. The Morgan fingerprint density at radius 1 is 1.13 bits per heavy atom. The number of aryl methyl sites for hydroxylation is 1. The normalized spacial score (nSPS) is 11.3. The molecular formula is C28H24N6O4S. The fourth-order valence-corrected chi connectivity index (χ4v) is 4.92. The summed E-state index contributed by atoms with van der Waals surface area (Å²) in [7, 11) is 5.07. The molecule has 0 aliphatic rings. The van der Waals surface area contributed by atoms with Gasteiger partial charge in [0.15, 0.2) is 5.76 Å². The molecular weight excluding hydrogens is 516 g/mol. The Balaban J connectivity index is 1.24. The van der Waals surface area contributed by atoms with E-state index in [1.165, 1.54) is 11.3 Å². The number of methoxy groups -OCH3 is 1. The second-order valence-electron chi connectivity index (χ2n) is 9.13. The molecule has 196 valence electrons. The van der Waals surface area contributed by atoms with Gasteiger partial charge in [-0.2, -0.15) is 5.10 Å². The third-order valence-corrected chi connectivity index (χ3v) is 7.02. The second-order valence-corrected chi connectivity index (χ2v) is 9.99. The molecule has 0 N–H and O–H groups in total. The Hall–Kier alpha value is -4.77. The van der Waals surface area contributed by atoms with E-state index in [0.29, 0.717) is 39.9 Å². The van der Waals surface area contributed by atoms with Crippen LogP contribution in [0.2, 0.25) is 0 Å². The molecule has 6 aromatic rings. The molecule has 0 saturated heterocycles. The van der Waals surface area contributed by atoms with Crippen LogP contribution in [0.4, 0.5) is 0 Å². The molecule has 2 aromatic carbocycles. The number of hydrogen-bond donors (Lipinski definition) is 0. The summed E-state index contributed by atoms with van der Waals surface area (Å²) in [6, 6.07) is 13.0. The number of rotatable bonds is 7. The maximum Gasteiger partial charge on any atom is 0.253 e. The van der Waals surface area contributed by atoms with E-state index >= 15 is 0 Å². The fourth-order valence-electron chi connectivity index (χ4n) is 4.11. The van der Waals surface area contributed by atoms with E-state index in [4.69, 9.17) is 18.9 Å². The monoisotopic (exact) mass is 540 g/mol. The Kier molecular flexibility index (Phi) is 6.20. The average molecular weight is 541 g/mol. The van der Waals surface area contributed by atoms with Gasteiger partial charge >= 0.3 is 0 Å². The van der Waals surface area contributed by atoms with Crippen LogP contribution in [0.5, 0.6) is 11.5 Å². The first kappa shape index (κ1) is 24.6. The molecule has 6 rings (SSSR count). The van der Waals surface area contributed by atoms with Crippen LogP contribution in [0.1, 0.15) is 21.7 Å². The van der Waals surface area contributed by atoms with Crippen LogP contribution in [-0.2, 0) is 6.61 Å². The van der Waals surface area contributed by atoms with Crippen molar-refractivity contribution in [2.75, 3.05) is 21.2 Å². The summed E-state index contributed by atoms with van der Waals surface area (Å²) >= 11 is 1.52. The molecule has 11 heteroatoms. The first-order chi connectivity index (χ1) is 18.9. The maximum atomic E-state index is 12.2. The molecule has 0 fully saturated rings. The Labute approximate surface area is 227 Å². The van der Waals surface area contributed by atoms with Crippen molar-refractivity contribution in [3.8, 4) is 33.5 Å². The van der Waals surface area contributed by atoms with Gasteiger partial charge in [0.25, 0.3) is 11.7 Å². The quantitative estimate of drug-likeness (QED) is 0.270. The fraction of sp³-hybridized carbons (Fsp3) is 0.179. The number of aromatic nitrogens is 5. The first-order valence-corrected chi connectivity index (χ1v) is 13.0. The van der Waals surface area contributed by atoms with E-state index in [2.05, 4.69) is 15.1 Å². The van der Waals surface area contributed by atoms with Gasteiger partial charge in [-0.3, -0.25) is 4.79 Å². The molecule has 39 heavy (non-hydrogen) atoms. The zero-order chi connectivity index (χ0) is 27.1. The molecule has 0 aliphatic carbocycles. The van der Waals surface area contributed by atoms with E-state index in [-0.39, 0.29) is 12.5 Å². The van der Waals surface area contributed by atoms with Gasteiger partial charge in [-0.1, -0.05) is 12.1 Å². The molecule has 4 heterocycles. The number of ether oxygens (including phenoxy) is 2.